The van der Waals surface area contributed by atoms with Crippen LogP contribution in [-0.4, -0.2) is 32.3 Å². The highest BCUT2D eigenvalue weighted by molar-refractivity contribution is 7.13. The molecule has 0 aromatic heterocycles. The van der Waals surface area contributed by atoms with Crippen molar-refractivity contribution in [2.24, 2.45) is 0 Å². The van der Waals surface area contributed by atoms with Crippen LogP contribution in [0.1, 0.15) is 12.8 Å². The molecule has 0 radical (unpaired) electrons. The minimum Gasteiger partial charge on any atom is -0.376 e. The van der Waals surface area contributed by atoms with Crippen LogP contribution in [0, 0.1) is 0 Å². The van der Waals surface area contributed by atoms with E-state index in [0.717, 1.165) is 26.2 Å². The minimum atomic E-state index is 0.446. The number of piperidine rings is 1. The van der Waals surface area contributed by atoms with Crippen molar-refractivity contribution in [3.05, 3.63) is 0 Å². The van der Waals surface area contributed by atoms with Crippen molar-refractivity contribution in [3.8, 4) is 0 Å². The van der Waals surface area contributed by atoms with Crippen molar-refractivity contribution >= 4 is 9.39 Å². The summed E-state index contributed by atoms with van der Waals surface area (Å²) in [7, 11) is 2.47. The maximum Gasteiger partial charge on any atom is 0.0700 e. The van der Waals surface area contributed by atoms with E-state index in [4.69, 9.17) is 4.74 Å². The highest BCUT2D eigenvalue weighted by Crippen LogP contribution is 2.04. The smallest absolute Gasteiger partial charge is 0.0700 e. The molecular formula is C7H17N2OP. The van der Waals surface area contributed by atoms with Gasteiger partial charge in [-0.3, -0.25) is 5.09 Å². The number of ether oxygens (including phenoxy) is 1. The van der Waals surface area contributed by atoms with Crippen LogP contribution in [0.25, 0.3) is 0 Å². The van der Waals surface area contributed by atoms with Crippen LogP contribution in [0.4, 0.5) is 0 Å². The quantitative estimate of drug-likeness (QED) is 0.472. The van der Waals surface area contributed by atoms with E-state index in [1.165, 1.54) is 12.8 Å². The van der Waals surface area contributed by atoms with Crippen LogP contribution in [0.2, 0.25) is 0 Å². The lowest BCUT2D eigenvalue weighted by atomic mass is 10.1. The Labute approximate surface area is 70.5 Å². The number of nitrogens with one attached hydrogen (secondary N) is 2. The second kappa shape index (κ2) is 5.90. The number of hydrogen-bond acceptors (Lipinski definition) is 3. The summed E-state index contributed by atoms with van der Waals surface area (Å²) in [6.07, 6.45) is 2.91. The van der Waals surface area contributed by atoms with Crippen molar-refractivity contribution in [3.63, 3.8) is 0 Å². The molecule has 0 spiro atoms. The Hall–Kier alpha value is 0.310. The summed E-state index contributed by atoms with van der Waals surface area (Å²) in [4.78, 5) is 0. The van der Waals surface area contributed by atoms with E-state index in [1.54, 1.807) is 0 Å². The highest BCUT2D eigenvalue weighted by Gasteiger charge is 2.11. The molecule has 1 fully saturated rings. The summed E-state index contributed by atoms with van der Waals surface area (Å²) in [5.74, 6) is 0. The summed E-state index contributed by atoms with van der Waals surface area (Å²) >= 11 is 0. The Balaban J connectivity index is 1.96. The van der Waals surface area contributed by atoms with E-state index >= 15 is 0 Å². The molecule has 2 unspecified atom stereocenters. The van der Waals surface area contributed by atoms with Gasteiger partial charge in [0.15, 0.2) is 0 Å². The largest absolute Gasteiger partial charge is 0.376 e. The molecule has 1 saturated heterocycles. The van der Waals surface area contributed by atoms with Gasteiger partial charge in [-0.25, -0.2) is 0 Å². The zero-order valence-corrected chi connectivity index (χ0v) is 7.96. The highest BCUT2D eigenvalue weighted by atomic mass is 31.0. The molecule has 2 atom stereocenters. The van der Waals surface area contributed by atoms with E-state index < -0.39 is 0 Å². The molecule has 1 heterocycles. The van der Waals surface area contributed by atoms with Crippen LogP contribution in [0.15, 0.2) is 0 Å². The molecule has 0 aromatic rings. The van der Waals surface area contributed by atoms with Crippen LogP contribution in [-0.2, 0) is 4.74 Å². The zero-order valence-electron chi connectivity index (χ0n) is 6.81. The van der Waals surface area contributed by atoms with Gasteiger partial charge in [-0.1, -0.05) is 9.39 Å². The Morgan fingerprint density at radius 2 is 2.55 bits per heavy atom. The molecule has 1 aliphatic heterocycles. The van der Waals surface area contributed by atoms with E-state index in [1.807, 2.05) is 0 Å². The lowest BCUT2D eigenvalue weighted by Crippen LogP contribution is -2.36. The van der Waals surface area contributed by atoms with E-state index in [9.17, 15) is 0 Å². The van der Waals surface area contributed by atoms with Gasteiger partial charge in [-0.2, -0.15) is 0 Å². The van der Waals surface area contributed by atoms with Gasteiger partial charge in [-0.05, 0) is 19.4 Å². The number of hydrogen-bond donors (Lipinski definition) is 2. The standard InChI is InChI=1S/C7H17N2OP/c11-9-4-5-10-7-2-1-3-8-6-7/h7-9H,1-6,11H2. The molecule has 11 heavy (non-hydrogen) atoms. The fourth-order valence-electron chi connectivity index (χ4n) is 1.25. The third-order valence-corrected chi connectivity index (χ3v) is 2.14. The second-order valence-corrected chi connectivity index (χ2v) is 3.20. The molecule has 0 aromatic carbocycles. The normalized spacial score (nSPS) is 25.4. The van der Waals surface area contributed by atoms with Gasteiger partial charge in [0, 0.05) is 13.1 Å². The fourth-order valence-corrected chi connectivity index (χ4v) is 1.36. The van der Waals surface area contributed by atoms with Gasteiger partial charge < -0.3 is 10.1 Å². The van der Waals surface area contributed by atoms with Crippen LogP contribution < -0.4 is 10.4 Å². The first-order valence-corrected chi connectivity index (χ1v) is 4.77. The van der Waals surface area contributed by atoms with Crippen molar-refractivity contribution < 1.29 is 4.74 Å². The summed E-state index contributed by atoms with van der Waals surface area (Å²) in [5.41, 5.74) is 0. The fraction of sp³-hybridized carbons (Fsp3) is 1.00. The first-order valence-electron chi connectivity index (χ1n) is 4.19. The third kappa shape index (κ3) is 4.02. The minimum absolute atomic E-state index is 0.446. The molecule has 1 aliphatic rings. The Morgan fingerprint density at radius 1 is 1.64 bits per heavy atom. The van der Waals surface area contributed by atoms with Crippen LogP contribution in [0.3, 0.4) is 0 Å². The maximum atomic E-state index is 5.59. The monoisotopic (exact) mass is 176 g/mol. The topological polar surface area (TPSA) is 33.3 Å². The molecule has 0 aliphatic carbocycles. The van der Waals surface area contributed by atoms with E-state index in [0.29, 0.717) is 6.10 Å². The molecule has 0 amide bonds. The lowest BCUT2D eigenvalue weighted by Gasteiger charge is -2.22. The Bertz CT molecular complexity index is 96.4. The third-order valence-electron chi connectivity index (χ3n) is 1.85. The van der Waals surface area contributed by atoms with Crippen LogP contribution in [0.5, 0.6) is 0 Å². The molecule has 0 bridgehead atoms. The zero-order chi connectivity index (χ0) is 7.94. The van der Waals surface area contributed by atoms with Gasteiger partial charge in [-0.15, -0.1) is 0 Å². The summed E-state index contributed by atoms with van der Waals surface area (Å²) in [6.45, 7) is 3.91. The predicted octanol–water partition coefficient (Wildman–Crippen LogP) is 0.135. The van der Waals surface area contributed by atoms with Gasteiger partial charge in [0.05, 0.1) is 12.7 Å². The molecule has 0 saturated carbocycles. The molecule has 2 N–H and O–H groups in total. The lowest BCUT2D eigenvalue weighted by molar-refractivity contribution is 0.0410. The van der Waals surface area contributed by atoms with Gasteiger partial charge in [0.1, 0.15) is 0 Å². The molecule has 66 valence electrons. The van der Waals surface area contributed by atoms with E-state index in [2.05, 4.69) is 19.8 Å². The maximum absolute atomic E-state index is 5.59. The van der Waals surface area contributed by atoms with Gasteiger partial charge in [0.2, 0.25) is 0 Å². The Morgan fingerprint density at radius 3 is 3.18 bits per heavy atom. The van der Waals surface area contributed by atoms with Gasteiger partial charge in [0.25, 0.3) is 0 Å². The molecule has 3 nitrogen and oxygen atoms in total. The summed E-state index contributed by atoms with van der Waals surface area (Å²) in [5, 5.41) is 6.29. The van der Waals surface area contributed by atoms with Crippen molar-refractivity contribution in [1.29, 1.82) is 0 Å². The first kappa shape index (κ1) is 9.40. The second-order valence-electron chi connectivity index (χ2n) is 2.79. The summed E-state index contributed by atoms with van der Waals surface area (Å²) < 4.78 is 5.59. The van der Waals surface area contributed by atoms with Gasteiger partial charge >= 0.3 is 0 Å². The average molecular weight is 176 g/mol. The van der Waals surface area contributed by atoms with Crippen molar-refractivity contribution in [1.82, 2.24) is 10.4 Å². The molecule has 1 rings (SSSR count). The molecule has 4 heteroatoms. The van der Waals surface area contributed by atoms with Crippen LogP contribution >= 0.6 is 9.39 Å². The number of rotatable bonds is 4. The summed E-state index contributed by atoms with van der Waals surface area (Å²) in [6, 6.07) is 0. The molecular weight excluding hydrogens is 159 g/mol. The Kier molecular flexibility index (Phi) is 5.04. The first-order chi connectivity index (χ1) is 5.43. The van der Waals surface area contributed by atoms with Crippen molar-refractivity contribution in [2.45, 2.75) is 18.9 Å². The SMILES string of the molecule is PNCCOC1CCCNC1. The van der Waals surface area contributed by atoms with E-state index in [-0.39, 0.29) is 0 Å². The van der Waals surface area contributed by atoms with Crippen molar-refractivity contribution in [2.75, 3.05) is 26.2 Å². The predicted molar refractivity (Wildman–Crippen MR) is 49.6 cm³/mol. The average Bonchev–Trinajstić information content (AvgIpc) is 2.07.